The van der Waals surface area contributed by atoms with Crippen molar-refractivity contribution in [3.63, 3.8) is 0 Å². The zero-order chi connectivity index (χ0) is 25.3. The van der Waals surface area contributed by atoms with E-state index in [0.29, 0.717) is 11.1 Å². The molecule has 4 N–H and O–H groups in total. The first kappa shape index (κ1) is 26.5. The fraction of sp³-hybridized carbons (Fsp3) is 0.375. The Bertz CT molecular complexity index is 986. The van der Waals surface area contributed by atoms with E-state index in [1.807, 2.05) is 0 Å². The molecular formula is C24H29NO9. The number of aliphatic hydroxyl groups excluding tert-OH is 1. The molecule has 0 aliphatic rings. The Morgan fingerprint density at radius 3 is 2.21 bits per heavy atom. The van der Waals surface area contributed by atoms with E-state index >= 15 is 0 Å². The summed E-state index contributed by atoms with van der Waals surface area (Å²) in [6.45, 7) is 4.08. The predicted molar refractivity (Wildman–Crippen MR) is 120 cm³/mol. The number of esters is 2. The molecule has 0 heterocycles. The number of benzene rings is 2. The Balaban J connectivity index is 1.96. The molecule has 1 unspecified atom stereocenters. The molecule has 0 aliphatic carbocycles. The summed E-state index contributed by atoms with van der Waals surface area (Å²) in [6, 6.07) is 10.9. The average Bonchev–Trinajstić information content (AvgIpc) is 2.77. The molecule has 0 saturated carbocycles. The molecule has 0 aliphatic heterocycles. The van der Waals surface area contributed by atoms with Gasteiger partial charge in [0.25, 0.3) is 0 Å². The zero-order valence-corrected chi connectivity index (χ0v) is 19.2. The zero-order valence-electron chi connectivity index (χ0n) is 19.2. The number of phenols is 2. The van der Waals surface area contributed by atoms with Gasteiger partial charge in [0, 0.05) is 6.42 Å². The maximum Gasteiger partial charge on any atom is 0.408 e. The highest BCUT2D eigenvalue weighted by Gasteiger charge is 2.27. The van der Waals surface area contributed by atoms with E-state index in [1.165, 1.54) is 18.2 Å². The number of carbonyl (C=O) groups is 3. The lowest BCUT2D eigenvalue weighted by atomic mass is 10.1. The second-order valence-electron chi connectivity index (χ2n) is 8.47. The molecule has 0 aromatic heterocycles. The van der Waals surface area contributed by atoms with Crippen LogP contribution in [0.3, 0.4) is 0 Å². The van der Waals surface area contributed by atoms with E-state index in [1.54, 1.807) is 51.1 Å². The Labute approximate surface area is 197 Å². The lowest BCUT2D eigenvalue weighted by Gasteiger charge is -2.23. The van der Waals surface area contributed by atoms with Gasteiger partial charge in [0.1, 0.15) is 31.0 Å². The molecule has 10 nitrogen and oxygen atoms in total. The summed E-state index contributed by atoms with van der Waals surface area (Å²) < 4.78 is 15.3. The average molecular weight is 475 g/mol. The maximum atomic E-state index is 12.6. The van der Waals surface area contributed by atoms with Crippen LogP contribution in [0.25, 0.3) is 0 Å². The SMILES string of the molecule is CC(C)(C)OC(=O)N[C@@H](Cc1ccc(O)c(O)c1)C(=O)OCC(O)COC(=O)c1ccccc1. The first-order valence-electron chi connectivity index (χ1n) is 10.5. The summed E-state index contributed by atoms with van der Waals surface area (Å²) in [5, 5.41) is 31.6. The second-order valence-corrected chi connectivity index (χ2v) is 8.47. The first-order valence-corrected chi connectivity index (χ1v) is 10.5. The lowest BCUT2D eigenvalue weighted by molar-refractivity contribution is -0.149. The number of nitrogens with one attached hydrogen (secondary N) is 1. The van der Waals surface area contributed by atoms with Gasteiger partial charge in [0.15, 0.2) is 11.5 Å². The topological polar surface area (TPSA) is 152 Å². The van der Waals surface area contributed by atoms with Crippen LogP contribution in [0.2, 0.25) is 0 Å². The van der Waals surface area contributed by atoms with Crippen LogP contribution in [-0.2, 0) is 25.4 Å². The van der Waals surface area contributed by atoms with Gasteiger partial charge in [0.05, 0.1) is 5.56 Å². The number of alkyl carbamates (subject to hydrolysis) is 1. The van der Waals surface area contributed by atoms with Crippen LogP contribution in [0.5, 0.6) is 11.5 Å². The number of carbonyl (C=O) groups excluding carboxylic acids is 3. The Kier molecular flexibility index (Phi) is 9.26. The third-order valence-electron chi connectivity index (χ3n) is 4.29. The van der Waals surface area contributed by atoms with Gasteiger partial charge in [-0.2, -0.15) is 0 Å². The number of aliphatic hydroxyl groups is 1. The lowest BCUT2D eigenvalue weighted by Crippen LogP contribution is -2.46. The van der Waals surface area contributed by atoms with Crippen molar-refractivity contribution in [1.29, 1.82) is 0 Å². The van der Waals surface area contributed by atoms with Crippen molar-refractivity contribution < 1.29 is 43.9 Å². The number of phenolic OH excluding ortho intramolecular Hbond substituents is 2. The summed E-state index contributed by atoms with van der Waals surface area (Å²) in [6.07, 6.45) is -2.25. The van der Waals surface area contributed by atoms with E-state index in [4.69, 9.17) is 14.2 Å². The summed E-state index contributed by atoms with van der Waals surface area (Å²) in [5.41, 5.74) is -0.0788. The third kappa shape index (κ3) is 8.99. The monoisotopic (exact) mass is 475 g/mol. The number of aromatic hydroxyl groups is 2. The maximum absolute atomic E-state index is 12.6. The van der Waals surface area contributed by atoms with Crippen LogP contribution in [-0.4, -0.2) is 64.3 Å². The van der Waals surface area contributed by atoms with E-state index < -0.39 is 54.7 Å². The molecule has 2 aromatic carbocycles. The quantitative estimate of drug-likeness (QED) is 0.243. The summed E-state index contributed by atoms with van der Waals surface area (Å²) in [4.78, 5) is 36.8. The van der Waals surface area contributed by atoms with Gasteiger partial charge >= 0.3 is 18.0 Å². The van der Waals surface area contributed by atoms with E-state index in [2.05, 4.69) is 5.32 Å². The normalized spacial score (nSPS) is 12.8. The van der Waals surface area contributed by atoms with Gasteiger partial charge in [-0.15, -0.1) is 0 Å². The summed E-state index contributed by atoms with van der Waals surface area (Å²) in [7, 11) is 0. The molecule has 34 heavy (non-hydrogen) atoms. The predicted octanol–water partition coefficient (Wildman–Crippen LogP) is 2.29. The third-order valence-corrected chi connectivity index (χ3v) is 4.29. The van der Waals surface area contributed by atoms with Crippen molar-refractivity contribution in [3.8, 4) is 11.5 Å². The molecule has 184 valence electrons. The van der Waals surface area contributed by atoms with Crippen molar-refractivity contribution >= 4 is 18.0 Å². The van der Waals surface area contributed by atoms with Gasteiger partial charge in [-0.05, 0) is 50.6 Å². The highest BCUT2D eigenvalue weighted by atomic mass is 16.6. The Hall–Kier alpha value is -3.79. The van der Waals surface area contributed by atoms with E-state index in [0.717, 1.165) is 0 Å². The van der Waals surface area contributed by atoms with Gasteiger partial charge < -0.3 is 34.8 Å². The summed E-state index contributed by atoms with van der Waals surface area (Å²) in [5.74, 6) is -2.25. The highest BCUT2D eigenvalue weighted by Crippen LogP contribution is 2.25. The molecule has 2 atom stereocenters. The van der Waals surface area contributed by atoms with Crippen LogP contribution in [0, 0.1) is 0 Å². The van der Waals surface area contributed by atoms with Crippen molar-refractivity contribution in [2.45, 2.75) is 44.9 Å². The minimum absolute atomic E-state index is 0.0923. The molecule has 2 aromatic rings. The van der Waals surface area contributed by atoms with Gasteiger partial charge in [-0.25, -0.2) is 14.4 Å². The van der Waals surface area contributed by atoms with E-state index in [9.17, 15) is 29.7 Å². The van der Waals surface area contributed by atoms with Crippen molar-refractivity contribution in [1.82, 2.24) is 5.32 Å². The van der Waals surface area contributed by atoms with Crippen molar-refractivity contribution in [2.24, 2.45) is 0 Å². The molecule has 0 spiro atoms. The smallest absolute Gasteiger partial charge is 0.408 e. The largest absolute Gasteiger partial charge is 0.504 e. The molecule has 0 radical (unpaired) electrons. The van der Waals surface area contributed by atoms with Gasteiger partial charge in [-0.1, -0.05) is 24.3 Å². The number of rotatable bonds is 9. The Morgan fingerprint density at radius 1 is 0.941 bits per heavy atom. The Morgan fingerprint density at radius 2 is 1.59 bits per heavy atom. The van der Waals surface area contributed by atoms with Crippen LogP contribution in [0.4, 0.5) is 4.79 Å². The van der Waals surface area contributed by atoms with Gasteiger partial charge in [0.2, 0.25) is 0 Å². The summed E-state index contributed by atoms with van der Waals surface area (Å²) >= 11 is 0. The molecule has 0 bridgehead atoms. The molecular weight excluding hydrogens is 446 g/mol. The molecule has 0 saturated heterocycles. The molecule has 2 rings (SSSR count). The molecule has 10 heteroatoms. The van der Waals surface area contributed by atoms with Crippen LogP contribution < -0.4 is 5.32 Å². The standard InChI is InChI=1S/C24H29NO9/c1-24(2,3)34-23(31)25-18(11-15-9-10-19(27)20(28)12-15)22(30)33-14-17(26)13-32-21(29)16-7-5-4-6-8-16/h4-10,12,17-18,26-28H,11,13-14H2,1-3H3,(H,25,31)/t17?,18-/m0/s1. The molecule has 1 amide bonds. The first-order chi connectivity index (χ1) is 15.9. The number of ether oxygens (including phenoxy) is 3. The number of hydrogen-bond acceptors (Lipinski definition) is 9. The van der Waals surface area contributed by atoms with Crippen LogP contribution in [0.1, 0.15) is 36.7 Å². The van der Waals surface area contributed by atoms with Gasteiger partial charge in [-0.3, -0.25) is 0 Å². The minimum atomic E-state index is -1.29. The fourth-order valence-electron chi connectivity index (χ4n) is 2.73. The second kappa shape index (κ2) is 11.9. The van der Waals surface area contributed by atoms with E-state index in [-0.39, 0.29) is 12.2 Å². The molecule has 0 fully saturated rings. The minimum Gasteiger partial charge on any atom is -0.504 e. The highest BCUT2D eigenvalue weighted by molar-refractivity contribution is 5.89. The van der Waals surface area contributed by atoms with Crippen molar-refractivity contribution in [3.05, 3.63) is 59.7 Å². The fourth-order valence-corrected chi connectivity index (χ4v) is 2.73. The number of amides is 1. The van der Waals surface area contributed by atoms with Crippen molar-refractivity contribution in [2.75, 3.05) is 13.2 Å². The van der Waals surface area contributed by atoms with Crippen LogP contribution >= 0.6 is 0 Å². The van der Waals surface area contributed by atoms with Crippen LogP contribution in [0.15, 0.2) is 48.5 Å². The number of hydrogen-bond donors (Lipinski definition) is 4.